The van der Waals surface area contributed by atoms with Crippen molar-refractivity contribution in [1.82, 2.24) is 0 Å². The molecule has 0 aromatic carbocycles. The monoisotopic (exact) mass is 1070 g/mol. The molecule has 0 aliphatic rings. The van der Waals surface area contributed by atoms with Gasteiger partial charge in [-0.3, -0.25) is 14.4 Å². The van der Waals surface area contributed by atoms with Crippen LogP contribution < -0.4 is 0 Å². The van der Waals surface area contributed by atoms with Gasteiger partial charge in [-0.1, -0.05) is 328 Å². The standard InChI is InChI=1S/C70H132O6/c1-4-7-10-13-16-19-22-24-26-28-30-31-32-33-34-35-36-37-38-39-41-42-44-46-48-51-54-57-60-63-69(72)75-66-67(65-74-68(71)62-59-56-53-50-21-18-15-12-9-6-3)76-70(73)64-61-58-55-52-49-47-45-43-40-29-27-25-23-20-17-14-11-8-5-2/h12,15,28,30,67H,4-11,13-14,16-27,29,31-66H2,1-3H3/b15-12-,30-28-. The molecule has 0 heterocycles. The van der Waals surface area contributed by atoms with Crippen LogP contribution in [-0.2, 0) is 28.6 Å². The number of ether oxygens (including phenoxy) is 3. The van der Waals surface area contributed by atoms with Crippen molar-refractivity contribution in [2.24, 2.45) is 0 Å². The largest absolute Gasteiger partial charge is 0.462 e. The summed E-state index contributed by atoms with van der Waals surface area (Å²) in [6.45, 7) is 6.64. The first-order chi connectivity index (χ1) is 37.5. The van der Waals surface area contributed by atoms with Crippen molar-refractivity contribution in [3.63, 3.8) is 0 Å². The lowest BCUT2D eigenvalue weighted by Crippen LogP contribution is -2.30. The molecule has 0 saturated carbocycles. The van der Waals surface area contributed by atoms with E-state index in [0.717, 1.165) is 70.6 Å². The minimum Gasteiger partial charge on any atom is -0.462 e. The zero-order chi connectivity index (χ0) is 55.0. The van der Waals surface area contributed by atoms with Gasteiger partial charge in [-0.25, -0.2) is 0 Å². The SMILES string of the molecule is CCC/C=C\CCCCCCCC(=O)OCC(COC(=O)CCCCCCCCCCCCCCCCCCC/C=C\CCCCCCCCCC)OC(=O)CCCCCCCCCCCCCCCCCCCCC. The fraction of sp³-hybridized carbons (Fsp3) is 0.900. The van der Waals surface area contributed by atoms with Crippen molar-refractivity contribution in [3.8, 4) is 0 Å². The van der Waals surface area contributed by atoms with Crippen molar-refractivity contribution >= 4 is 17.9 Å². The predicted octanol–water partition coefficient (Wildman–Crippen LogP) is 23.4. The molecule has 0 N–H and O–H groups in total. The fourth-order valence-corrected chi connectivity index (χ4v) is 10.5. The van der Waals surface area contributed by atoms with Crippen molar-refractivity contribution in [2.45, 2.75) is 393 Å². The van der Waals surface area contributed by atoms with E-state index in [0.29, 0.717) is 19.3 Å². The fourth-order valence-electron chi connectivity index (χ4n) is 10.5. The van der Waals surface area contributed by atoms with Crippen LogP contribution in [0.2, 0.25) is 0 Å². The summed E-state index contributed by atoms with van der Waals surface area (Å²) >= 11 is 0. The quantitative estimate of drug-likeness (QED) is 0.0261. The Labute approximate surface area is 474 Å². The second-order valence-corrected chi connectivity index (χ2v) is 23.4. The Balaban J connectivity index is 4.10. The van der Waals surface area contributed by atoms with Crippen LogP contribution in [0.3, 0.4) is 0 Å². The second kappa shape index (κ2) is 65.4. The molecule has 1 unspecified atom stereocenters. The normalized spacial score (nSPS) is 12.1. The molecule has 0 radical (unpaired) electrons. The third-order valence-corrected chi connectivity index (χ3v) is 15.7. The number of esters is 3. The summed E-state index contributed by atoms with van der Waals surface area (Å²) in [6, 6.07) is 0. The molecule has 0 spiro atoms. The van der Waals surface area contributed by atoms with Gasteiger partial charge in [0.15, 0.2) is 6.10 Å². The predicted molar refractivity (Wildman–Crippen MR) is 330 cm³/mol. The number of hydrogen-bond acceptors (Lipinski definition) is 6. The number of carbonyl (C=O) groups is 3. The molecule has 0 saturated heterocycles. The zero-order valence-corrected chi connectivity index (χ0v) is 51.6. The maximum atomic E-state index is 12.9. The maximum Gasteiger partial charge on any atom is 0.306 e. The van der Waals surface area contributed by atoms with Crippen LogP contribution >= 0.6 is 0 Å². The Morgan fingerprint density at radius 2 is 0.461 bits per heavy atom. The van der Waals surface area contributed by atoms with E-state index in [1.165, 1.54) is 276 Å². The lowest BCUT2D eigenvalue weighted by Gasteiger charge is -2.18. The van der Waals surface area contributed by atoms with Crippen LogP contribution in [0.4, 0.5) is 0 Å². The molecule has 0 aliphatic carbocycles. The van der Waals surface area contributed by atoms with Crippen LogP contribution in [0.15, 0.2) is 24.3 Å². The van der Waals surface area contributed by atoms with Crippen LogP contribution in [0.1, 0.15) is 387 Å². The van der Waals surface area contributed by atoms with Gasteiger partial charge >= 0.3 is 17.9 Å². The van der Waals surface area contributed by atoms with E-state index < -0.39 is 6.10 Å². The summed E-state index contributed by atoms with van der Waals surface area (Å²) < 4.78 is 16.9. The Morgan fingerprint density at radius 3 is 0.711 bits per heavy atom. The minimum absolute atomic E-state index is 0.0680. The van der Waals surface area contributed by atoms with Gasteiger partial charge in [-0.2, -0.15) is 0 Å². The van der Waals surface area contributed by atoms with E-state index in [9.17, 15) is 14.4 Å². The van der Waals surface area contributed by atoms with Gasteiger partial charge in [-0.15, -0.1) is 0 Å². The molecule has 76 heavy (non-hydrogen) atoms. The van der Waals surface area contributed by atoms with E-state index in [1.54, 1.807) is 0 Å². The van der Waals surface area contributed by atoms with Crippen LogP contribution in [0.5, 0.6) is 0 Å². The first kappa shape index (κ1) is 73.9. The second-order valence-electron chi connectivity index (χ2n) is 23.4. The number of allylic oxidation sites excluding steroid dienone is 4. The van der Waals surface area contributed by atoms with E-state index in [-0.39, 0.29) is 31.1 Å². The summed E-state index contributed by atoms with van der Waals surface area (Å²) in [5, 5.41) is 0. The molecule has 0 aromatic heterocycles. The van der Waals surface area contributed by atoms with Crippen LogP contribution in [0.25, 0.3) is 0 Å². The van der Waals surface area contributed by atoms with Gasteiger partial charge in [0, 0.05) is 19.3 Å². The summed E-state index contributed by atoms with van der Waals surface area (Å²) in [5.74, 6) is -0.851. The van der Waals surface area contributed by atoms with E-state index in [2.05, 4.69) is 45.1 Å². The molecule has 0 aliphatic heterocycles. The molecule has 6 nitrogen and oxygen atoms in total. The Bertz CT molecular complexity index is 1230. The first-order valence-electron chi connectivity index (χ1n) is 34.3. The lowest BCUT2D eigenvalue weighted by molar-refractivity contribution is -0.167. The molecule has 1 atom stereocenters. The van der Waals surface area contributed by atoms with Crippen molar-refractivity contribution in [1.29, 1.82) is 0 Å². The van der Waals surface area contributed by atoms with Gasteiger partial charge in [0.2, 0.25) is 0 Å². The van der Waals surface area contributed by atoms with Gasteiger partial charge in [0.1, 0.15) is 13.2 Å². The number of rotatable bonds is 64. The Hall–Kier alpha value is -2.11. The summed E-state index contributed by atoms with van der Waals surface area (Å²) in [5.41, 5.74) is 0. The third-order valence-electron chi connectivity index (χ3n) is 15.7. The highest BCUT2D eigenvalue weighted by atomic mass is 16.6. The molecule has 448 valence electrons. The van der Waals surface area contributed by atoms with Gasteiger partial charge < -0.3 is 14.2 Å². The summed E-state index contributed by atoms with van der Waals surface area (Å²) in [4.78, 5) is 38.3. The number of hydrogen-bond donors (Lipinski definition) is 0. The smallest absolute Gasteiger partial charge is 0.306 e. The van der Waals surface area contributed by atoms with Crippen LogP contribution in [-0.4, -0.2) is 37.2 Å². The molecular formula is C70H132O6. The Morgan fingerprint density at radius 1 is 0.250 bits per heavy atom. The molecular weight excluding hydrogens is 937 g/mol. The van der Waals surface area contributed by atoms with Crippen molar-refractivity contribution in [2.75, 3.05) is 13.2 Å². The van der Waals surface area contributed by atoms with Crippen LogP contribution in [0, 0.1) is 0 Å². The highest BCUT2D eigenvalue weighted by molar-refractivity contribution is 5.71. The topological polar surface area (TPSA) is 78.9 Å². The first-order valence-corrected chi connectivity index (χ1v) is 34.3. The summed E-state index contributed by atoms with van der Waals surface area (Å²) in [6.07, 6.45) is 79.4. The molecule has 6 heteroatoms. The number of unbranched alkanes of at least 4 members (excludes halogenated alkanes) is 49. The van der Waals surface area contributed by atoms with Crippen molar-refractivity contribution < 1.29 is 28.6 Å². The number of carbonyl (C=O) groups excluding carboxylic acids is 3. The van der Waals surface area contributed by atoms with Crippen molar-refractivity contribution in [3.05, 3.63) is 24.3 Å². The van der Waals surface area contributed by atoms with Gasteiger partial charge in [0.05, 0.1) is 0 Å². The van der Waals surface area contributed by atoms with Gasteiger partial charge in [0.25, 0.3) is 0 Å². The minimum atomic E-state index is -0.770. The maximum absolute atomic E-state index is 12.9. The van der Waals surface area contributed by atoms with Gasteiger partial charge in [-0.05, 0) is 64.2 Å². The van der Waals surface area contributed by atoms with E-state index in [4.69, 9.17) is 14.2 Å². The molecule has 0 aromatic rings. The summed E-state index contributed by atoms with van der Waals surface area (Å²) in [7, 11) is 0. The zero-order valence-electron chi connectivity index (χ0n) is 51.6. The van der Waals surface area contributed by atoms with E-state index >= 15 is 0 Å². The third kappa shape index (κ3) is 62.7. The molecule has 0 fully saturated rings. The average Bonchev–Trinajstić information content (AvgIpc) is 3.42. The molecule has 0 bridgehead atoms. The molecule has 0 rings (SSSR count). The average molecular weight is 1070 g/mol. The highest BCUT2D eigenvalue weighted by Gasteiger charge is 2.19. The van der Waals surface area contributed by atoms with E-state index in [1.807, 2.05) is 0 Å². The molecule has 0 amide bonds. The highest BCUT2D eigenvalue weighted by Crippen LogP contribution is 2.18. The Kier molecular flexibility index (Phi) is 63.6. The lowest BCUT2D eigenvalue weighted by atomic mass is 10.0.